The molecule has 4 nitrogen and oxygen atoms in total. The summed E-state index contributed by atoms with van der Waals surface area (Å²) >= 11 is 1.79. The summed E-state index contributed by atoms with van der Waals surface area (Å²) in [6.07, 6.45) is 6.21. The van der Waals surface area contributed by atoms with Crippen LogP contribution in [-0.2, 0) is 13.0 Å². The molecule has 0 aliphatic carbocycles. The molecule has 0 spiro atoms. The third kappa shape index (κ3) is 3.67. The van der Waals surface area contributed by atoms with Gasteiger partial charge in [-0.3, -0.25) is 4.68 Å². The molecule has 0 saturated carbocycles. The zero-order valence-electron chi connectivity index (χ0n) is 12.8. The van der Waals surface area contributed by atoms with Crippen molar-refractivity contribution in [1.82, 2.24) is 20.1 Å². The van der Waals surface area contributed by atoms with Crippen molar-refractivity contribution in [3.63, 3.8) is 0 Å². The van der Waals surface area contributed by atoms with Gasteiger partial charge in [-0.15, -0.1) is 11.3 Å². The Balaban J connectivity index is 1.89. The molecule has 0 fully saturated rings. The quantitative estimate of drug-likeness (QED) is 0.845. The number of nitrogens with zero attached hydrogens (tertiary/aromatic N) is 3. The molecule has 0 amide bonds. The van der Waals surface area contributed by atoms with Crippen molar-refractivity contribution in [1.29, 1.82) is 0 Å². The number of aryl methyl sites for hydroxylation is 1. The van der Waals surface area contributed by atoms with E-state index in [1.54, 1.807) is 11.3 Å². The van der Waals surface area contributed by atoms with Crippen LogP contribution in [0.5, 0.6) is 0 Å². The second-order valence-corrected chi connectivity index (χ2v) is 6.31. The lowest BCUT2D eigenvalue weighted by Crippen LogP contribution is -2.18. The first-order chi connectivity index (χ1) is 9.63. The van der Waals surface area contributed by atoms with Gasteiger partial charge in [0.1, 0.15) is 5.01 Å². The van der Waals surface area contributed by atoms with Crippen LogP contribution in [0.2, 0.25) is 0 Å². The summed E-state index contributed by atoms with van der Waals surface area (Å²) in [6.45, 7) is 9.47. The van der Waals surface area contributed by atoms with Crippen molar-refractivity contribution in [2.45, 2.75) is 59.2 Å². The molecule has 0 saturated heterocycles. The molecule has 2 aromatic heterocycles. The highest BCUT2D eigenvalue weighted by atomic mass is 32.1. The molecule has 2 rings (SSSR count). The lowest BCUT2D eigenvalue weighted by molar-refractivity contribution is 0.468. The van der Waals surface area contributed by atoms with E-state index in [0.717, 1.165) is 30.1 Å². The number of aromatic nitrogens is 3. The van der Waals surface area contributed by atoms with Crippen LogP contribution in [0.15, 0.2) is 18.5 Å². The Bertz CT molecular complexity index is 531. The molecule has 2 aromatic rings. The van der Waals surface area contributed by atoms with E-state index in [9.17, 15) is 0 Å². The second-order valence-electron chi connectivity index (χ2n) is 5.17. The normalized spacial score (nSPS) is 14.4. The molecular weight excluding hydrogens is 268 g/mol. The number of rotatable bonds is 7. The van der Waals surface area contributed by atoms with Crippen LogP contribution in [0.25, 0.3) is 0 Å². The van der Waals surface area contributed by atoms with E-state index in [1.807, 2.05) is 10.9 Å². The summed E-state index contributed by atoms with van der Waals surface area (Å²) in [5.74, 6) is 0. The minimum atomic E-state index is 0.272. The van der Waals surface area contributed by atoms with Gasteiger partial charge in [0.05, 0.1) is 11.7 Å². The van der Waals surface area contributed by atoms with E-state index in [4.69, 9.17) is 0 Å². The fourth-order valence-corrected chi connectivity index (χ4v) is 2.82. The Morgan fingerprint density at radius 2 is 2.15 bits per heavy atom. The van der Waals surface area contributed by atoms with E-state index in [1.165, 1.54) is 4.88 Å². The summed E-state index contributed by atoms with van der Waals surface area (Å²) in [5, 5.41) is 9.26. The average Bonchev–Trinajstić information content (AvgIpc) is 3.12. The van der Waals surface area contributed by atoms with E-state index in [2.05, 4.69) is 55.4 Å². The summed E-state index contributed by atoms with van der Waals surface area (Å²) in [6, 6.07) is 2.83. The Morgan fingerprint density at radius 1 is 1.35 bits per heavy atom. The number of hydrogen-bond acceptors (Lipinski definition) is 4. The standard InChI is InChI=1S/C15H24N4S/c1-5-11(3)19-8-7-13(18-19)9-16-12(4)15-17-10-14(6-2)20-15/h7-8,10-12,16H,5-6,9H2,1-4H3. The number of hydrogen-bond donors (Lipinski definition) is 1. The van der Waals surface area contributed by atoms with Gasteiger partial charge in [0.15, 0.2) is 0 Å². The van der Waals surface area contributed by atoms with E-state index in [0.29, 0.717) is 6.04 Å². The molecule has 0 aliphatic rings. The fourth-order valence-electron chi connectivity index (χ4n) is 1.94. The van der Waals surface area contributed by atoms with Crippen LogP contribution in [0.3, 0.4) is 0 Å². The first-order valence-electron chi connectivity index (χ1n) is 7.36. The van der Waals surface area contributed by atoms with Crippen molar-refractivity contribution in [3.05, 3.63) is 34.0 Å². The Hall–Kier alpha value is -1.20. The minimum Gasteiger partial charge on any atom is -0.302 e. The van der Waals surface area contributed by atoms with Crippen LogP contribution >= 0.6 is 11.3 Å². The molecule has 0 aliphatic heterocycles. The summed E-state index contributed by atoms with van der Waals surface area (Å²) in [5.41, 5.74) is 1.09. The van der Waals surface area contributed by atoms with Crippen LogP contribution in [0, 0.1) is 0 Å². The van der Waals surface area contributed by atoms with Crippen LogP contribution in [-0.4, -0.2) is 14.8 Å². The van der Waals surface area contributed by atoms with E-state index >= 15 is 0 Å². The fraction of sp³-hybridized carbons (Fsp3) is 0.600. The summed E-state index contributed by atoms with van der Waals surface area (Å²) in [4.78, 5) is 5.82. The highest BCUT2D eigenvalue weighted by Crippen LogP contribution is 2.20. The van der Waals surface area contributed by atoms with Crippen molar-refractivity contribution < 1.29 is 0 Å². The molecule has 2 unspecified atom stereocenters. The maximum absolute atomic E-state index is 4.61. The van der Waals surface area contributed by atoms with Gasteiger partial charge in [0.25, 0.3) is 0 Å². The van der Waals surface area contributed by atoms with Crippen molar-refractivity contribution in [2.24, 2.45) is 0 Å². The SMILES string of the molecule is CCc1cnc(C(C)NCc2ccn(C(C)CC)n2)s1. The van der Waals surface area contributed by atoms with Gasteiger partial charge in [-0.1, -0.05) is 13.8 Å². The van der Waals surface area contributed by atoms with Gasteiger partial charge in [-0.05, 0) is 32.8 Å². The predicted molar refractivity (Wildman–Crippen MR) is 84.0 cm³/mol. The lowest BCUT2D eigenvalue weighted by Gasteiger charge is -2.10. The van der Waals surface area contributed by atoms with Gasteiger partial charge in [0, 0.05) is 29.9 Å². The zero-order chi connectivity index (χ0) is 14.5. The maximum Gasteiger partial charge on any atom is 0.109 e. The Kier molecular flexibility index (Phi) is 5.31. The first kappa shape index (κ1) is 15.2. The summed E-state index contributed by atoms with van der Waals surface area (Å²) < 4.78 is 2.04. The maximum atomic E-state index is 4.61. The van der Waals surface area contributed by atoms with Crippen LogP contribution in [0.4, 0.5) is 0 Å². The van der Waals surface area contributed by atoms with Gasteiger partial charge in [-0.25, -0.2) is 4.98 Å². The summed E-state index contributed by atoms with van der Waals surface area (Å²) in [7, 11) is 0. The molecule has 2 atom stereocenters. The van der Waals surface area contributed by atoms with Gasteiger partial charge < -0.3 is 5.32 Å². The molecular formula is C15H24N4S. The second kappa shape index (κ2) is 6.99. The highest BCUT2D eigenvalue weighted by molar-refractivity contribution is 7.11. The molecule has 5 heteroatoms. The smallest absolute Gasteiger partial charge is 0.109 e. The Morgan fingerprint density at radius 3 is 2.80 bits per heavy atom. The zero-order valence-corrected chi connectivity index (χ0v) is 13.6. The number of thiazole rings is 1. The monoisotopic (exact) mass is 292 g/mol. The molecule has 0 aromatic carbocycles. The lowest BCUT2D eigenvalue weighted by atomic mass is 10.3. The molecule has 0 radical (unpaired) electrons. The van der Waals surface area contributed by atoms with Crippen molar-refractivity contribution in [2.75, 3.05) is 0 Å². The third-order valence-corrected chi connectivity index (χ3v) is 4.91. The van der Waals surface area contributed by atoms with Crippen LogP contribution in [0.1, 0.15) is 61.8 Å². The topological polar surface area (TPSA) is 42.7 Å². The first-order valence-corrected chi connectivity index (χ1v) is 8.17. The van der Waals surface area contributed by atoms with Gasteiger partial charge >= 0.3 is 0 Å². The van der Waals surface area contributed by atoms with Crippen LogP contribution < -0.4 is 5.32 Å². The predicted octanol–water partition coefficient (Wildman–Crippen LogP) is 3.72. The highest BCUT2D eigenvalue weighted by Gasteiger charge is 2.11. The van der Waals surface area contributed by atoms with Gasteiger partial charge in [0.2, 0.25) is 0 Å². The van der Waals surface area contributed by atoms with E-state index in [-0.39, 0.29) is 6.04 Å². The minimum absolute atomic E-state index is 0.272. The van der Waals surface area contributed by atoms with Crippen molar-refractivity contribution in [3.8, 4) is 0 Å². The molecule has 110 valence electrons. The third-order valence-electron chi connectivity index (χ3n) is 3.59. The van der Waals surface area contributed by atoms with E-state index < -0.39 is 0 Å². The average molecular weight is 292 g/mol. The largest absolute Gasteiger partial charge is 0.302 e. The molecule has 0 bridgehead atoms. The Labute approximate surface area is 125 Å². The number of nitrogens with one attached hydrogen (secondary N) is 1. The molecule has 2 heterocycles. The van der Waals surface area contributed by atoms with Crippen molar-refractivity contribution >= 4 is 11.3 Å². The molecule has 20 heavy (non-hydrogen) atoms. The van der Waals surface area contributed by atoms with Gasteiger partial charge in [-0.2, -0.15) is 5.10 Å². The molecule has 1 N–H and O–H groups in total.